The molecule has 0 saturated carbocycles. The van der Waals surface area contributed by atoms with Crippen LogP contribution in [-0.2, 0) is 0 Å². The van der Waals surface area contributed by atoms with Crippen LogP contribution in [0, 0.1) is 0 Å². The summed E-state index contributed by atoms with van der Waals surface area (Å²) in [6.45, 7) is 0. The van der Waals surface area contributed by atoms with Gasteiger partial charge < -0.3 is 9.94 Å². The van der Waals surface area contributed by atoms with Gasteiger partial charge in [0.25, 0.3) is 0 Å². The van der Waals surface area contributed by atoms with E-state index in [2.05, 4.69) is 15.2 Å². The van der Waals surface area contributed by atoms with E-state index in [9.17, 15) is 5.21 Å². The molecule has 2 heterocycles. The Morgan fingerprint density at radius 3 is 2.57 bits per heavy atom. The monoisotopic (exact) mass is 306 g/mol. The van der Waals surface area contributed by atoms with Gasteiger partial charge in [-0.25, -0.2) is 9.67 Å². The predicted molar refractivity (Wildman–Crippen MR) is 83.6 cm³/mol. The highest BCUT2D eigenvalue weighted by Crippen LogP contribution is 2.41. The van der Waals surface area contributed by atoms with Crippen molar-refractivity contribution in [2.75, 3.05) is 0 Å². The van der Waals surface area contributed by atoms with E-state index >= 15 is 0 Å². The Hall–Kier alpha value is -3.15. The fraction of sp³-hybridized carbons (Fsp3) is 0.118. The van der Waals surface area contributed by atoms with Crippen LogP contribution in [0.15, 0.2) is 72.4 Å². The van der Waals surface area contributed by atoms with Gasteiger partial charge in [-0.1, -0.05) is 47.6 Å². The Kier molecular flexibility index (Phi) is 3.27. The summed E-state index contributed by atoms with van der Waals surface area (Å²) in [7, 11) is 0. The van der Waals surface area contributed by atoms with Gasteiger partial charge >= 0.3 is 0 Å². The van der Waals surface area contributed by atoms with Crippen LogP contribution < -0.4 is 4.74 Å². The summed E-state index contributed by atoms with van der Waals surface area (Å²) in [4.78, 5) is 4.01. The second-order valence-electron chi connectivity index (χ2n) is 5.25. The summed E-state index contributed by atoms with van der Waals surface area (Å²) >= 11 is 0. The van der Waals surface area contributed by atoms with Crippen LogP contribution in [0.3, 0.4) is 0 Å². The average Bonchev–Trinajstić information content (AvgIpc) is 3.15. The van der Waals surface area contributed by atoms with Gasteiger partial charge in [0.05, 0.1) is 0 Å². The van der Waals surface area contributed by atoms with Crippen LogP contribution in [-0.4, -0.2) is 25.7 Å². The minimum absolute atomic E-state index is 0.362. The van der Waals surface area contributed by atoms with Crippen molar-refractivity contribution in [1.29, 1.82) is 0 Å². The van der Waals surface area contributed by atoms with Crippen molar-refractivity contribution < 1.29 is 9.94 Å². The van der Waals surface area contributed by atoms with Crippen molar-refractivity contribution in [2.24, 2.45) is 5.16 Å². The largest absolute Gasteiger partial charge is 0.482 e. The Labute approximate surface area is 132 Å². The van der Waals surface area contributed by atoms with Gasteiger partial charge in [0, 0.05) is 5.56 Å². The number of para-hydroxylation sites is 1. The summed E-state index contributed by atoms with van der Waals surface area (Å²) in [5.74, 6) is 0.686. The molecule has 114 valence electrons. The smallest absolute Gasteiger partial charge is 0.152 e. The molecule has 3 aromatic rings. The van der Waals surface area contributed by atoms with Crippen LogP contribution in [0.25, 0.3) is 0 Å². The summed E-state index contributed by atoms with van der Waals surface area (Å²) in [6.07, 6.45) is 2.69. The van der Waals surface area contributed by atoms with Gasteiger partial charge in [0.1, 0.15) is 30.2 Å². The normalized spacial score (nSPS) is 21.7. The minimum atomic E-state index is -0.403. The third-order valence-electron chi connectivity index (χ3n) is 3.94. The van der Waals surface area contributed by atoms with Gasteiger partial charge in [-0.15, -0.1) is 0 Å². The Balaban J connectivity index is 1.90. The molecule has 0 aliphatic carbocycles. The highest BCUT2D eigenvalue weighted by atomic mass is 16.5. The van der Waals surface area contributed by atoms with Crippen molar-refractivity contribution in [3.8, 4) is 5.75 Å². The van der Waals surface area contributed by atoms with Crippen molar-refractivity contribution in [3.63, 3.8) is 0 Å². The number of aromatic nitrogens is 3. The number of hydrogen-bond acceptors (Lipinski definition) is 5. The molecule has 1 N–H and O–H groups in total. The molecule has 0 saturated heterocycles. The number of oxime groups is 1. The molecule has 0 bridgehead atoms. The van der Waals surface area contributed by atoms with Gasteiger partial charge in [-0.05, 0) is 17.7 Å². The lowest BCUT2D eigenvalue weighted by Crippen LogP contribution is -2.34. The lowest BCUT2D eigenvalue weighted by atomic mass is 9.91. The first-order chi connectivity index (χ1) is 11.4. The molecule has 6 heteroatoms. The number of hydrogen-bond donors (Lipinski definition) is 1. The molecule has 2 aromatic carbocycles. The zero-order valence-electron chi connectivity index (χ0n) is 12.1. The number of nitrogens with zero attached hydrogens (tertiary/aromatic N) is 4. The van der Waals surface area contributed by atoms with E-state index in [-0.39, 0.29) is 6.10 Å². The van der Waals surface area contributed by atoms with Crippen LogP contribution in [0.4, 0.5) is 0 Å². The first kappa shape index (κ1) is 13.5. The predicted octanol–water partition coefficient (Wildman–Crippen LogP) is 2.83. The highest BCUT2D eigenvalue weighted by Gasteiger charge is 2.38. The van der Waals surface area contributed by atoms with E-state index in [1.165, 1.54) is 6.33 Å². The first-order valence-corrected chi connectivity index (χ1v) is 7.25. The van der Waals surface area contributed by atoms with Crippen LogP contribution in [0.5, 0.6) is 5.75 Å². The molecular weight excluding hydrogens is 292 g/mol. The topological polar surface area (TPSA) is 72.5 Å². The van der Waals surface area contributed by atoms with E-state index in [0.717, 1.165) is 11.1 Å². The fourth-order valence-corrected chi connectivity index (χ4v) is 2.92. The molecule has 1 aliphatic heterocycles. The van der Waals surface area contributed by atoms with Crippen molar-refractivity contribution in [3.05, 3.63) is 78.4 Å². The SMILES string of the molecule is O/N=C1\c2ccccc2OC(c2ccccc2)C1n1cncn1. The summed E-state index contributed by atoms with van der Waals surface area (Å²) < 4.78 is 7.86. The number of rotatable bonds is 2. The van der Waals surface area contributed by atoms with Crippen molar-refractivity contribution >= 4 is 5.71 Å². The summed E-state index contributed by atoms with van der Waals surface area (Å²) in [5.41, 5.74) is 2.23. The first-order valence-electron chi connectivity index (χ1n) is 7.25. The molecule has 2 unspecified atom stereocenters. The molecule has 0 fully saturated rings. The second-order valence-corrected chi connectivity index (χ2v) is 5.25. The molecule has 1 aliphatic rings. The fourth-order valence-electron chi connectivity index (χ4n) is 2.92. The number of ether oxygens (including phenoxy) is 1. The van der Waals surface area contributed by atoms with E-state index in [1.807, 2.05) is 54.6 Å². The maximum atomic E-state index is 9.64. The van der Waals surface area contributed by atoms with Crippen LogP contribution in [0.2, 0.25) is 0 Å². The Morgan fingerprint density at radius 2 is 1.83 bits per heavy atom. The molecule has 4 rings (SSSR count). The quantitative estimate of drug-likeness (QED) is 0.583. The van der Waals surface area contributed by atoms with Crippen LogP contribution in [0.1, 0.15) is 23.3 Å². The molecule has 0 amide bonds. The molecule has 2 atom stereocenters. The zero-order chi connectivity index (χ0) is 15.6. The number of fused-ring (bicyclic) bond motifs is 1. The molecule has 0 radical (unpaired) electrons. The average molecular weight is 306 g/mol. The van der Waals surface area contributed by atoms with E-state index in [4.69, 9.17) is 4.74 Å². The second kappa shape index (κ2) is 5.57. The van der Waals surface area contributed by atoms with Gasteiger partial charge in [-0.2, -0.15) is 5.10 Å². The standard InChI is InChI=1S/C17H14N4O2/c22-20-15-13-8-4-5-9-14(13)23-17(12-6-2-1-3-7-12)16(15)21-11-18-10-19-21/h1-11,16-17,22H/b20-15+. The molecular formula is C17H14N4O2. The lowest BCUT2D eigenvalue weighted by molar-refractivity contribution is 0.151. The van der Waals surface area contributed by atoms with E-state index in [0.29, 0.717) is 11.5 Å². The van der Waals surface area contributed by atoms with E-state index in [1.54, 1.807) is 11.0 Å². The summed E-state index contributed by atoms with van der Waals surface area (Å²) in [5, 5.41) is 17.4. The lowest BCUT2D eigenvalue weighted by Gasteiger charge is -2.34. The maximum Gasteiger partial charge on any atom is 0.152 e. The van der Waals surface area contributed by atoms with Crippen molar-refractivity contribution in [1.82, 2.24) is 14.8 Å². The van der Waals surface area contributed by atoms with Gasteiger partial charge in [-0.3, -0.25) is 0 Å². The minimum Gasteiger partial charge on any atom is -0.482 e. The maximum absolute atomic E-state index is 9.64. The number of benzene rings is 2. The van der Waals surface area contributed by atoms with Gasteiger partial charge in [0.15, 0.2) is 6.10 Å². The Bertz CT molecular complexity index is 831. The third kappa shape index (κ3) is 2.24. The molecule has 23 heavy (non-hydrogen) atoms. The third-order valence-corrected chi connectivity index (χ3v) is 3.94. The zero-order valence-corrected chi connectivity index (χ0v) is 12.1. The molecule has 0 spiro atoms. The van der Waals surface area contributed by atoms with Crippen LogP contribution >= 0.6 is 0 Å². The summed E-state index contributed by atoms with van der Waals surface area (Å²) in [6, 6.07) is 16.9. The van der Waals surface area contributed by atoms with Gasteiger partial charge in [0.2, 0.25) is 0 Å². The molecule has 6 nitrogen and oxygen atoms in total. The highest BCUT2D eigenvalue weighted by molar-refractivity contribution is 6.06. The Morgan fingerprint density at radius 1 is 1.04 bits per heavy atom. The van der Waals surface area contributed by atoms with Crippen molar-refractivity contribution in [2.45, 2.75) is 12.1 Å². The van der Waals surface area contributed by atoms with E-state index < -0.39 is 6.04 Å². The molecule has 1 aromatic heterocycles.